The number of anilines is 1. The highest BCUT2D eigenvalue weighted by Crippen LogP contribution is 2.57. The summed E-state index contributed by atoms with van der Waals surface area (Å²) in [5.74, 6) is 0.419. The van der Waals surface area contributed by atoms with Crippen LogP contribution in [-0.4, -0.2) is 57.8 Å². The lowest BCUT2D eigenvalue weighted by atomic mass is 9.59. The number of carboxylic acids is 2. The van der Waals surface area contributed by atoms with E-state index < -0.39 is 23.5 Å². The first kappa shape index (κ1) is 42.3. The molecule has 3 aliphatic carbocycles. The SMILES string of the molecule is C[C@@H](COc1ccnc2c1[C@H](C)CCC2)C[C@H]1Cc2ccc(OCCCC(=O)N[C@H](CC(C)(C)C)C(=O)O)cc2C12CCC(Nc1cccc(Cl)c1)(C(=O)O)CC2. The summed E-state index contributed by atoms with van der Waals surface area (Å²) in [6.45, 7) is 11.3. The number of aliphatic carboxylic acids is 2. The van der Waals surface area contributed by atoms with Crippen molar-refractivity contribution in [3.8, 4) is 11.5 Å². The summed E-state index contributed by atoms with van der Waals surface area (Å²) < 4.78 is 12.8. The number of hydrogen-bond acceptors (Lipinski definition) is 7. The molecule has 1 aromatic heterocycles. The van der Waals surface area contributed by atoms with Crippen LogP contribution in [0.5, 0.6) is 11.5 Å². The van der Waals surface area contributed by atoms with Crippen molar-refractivity contribution in [3.05, 3.63) is 82.1 Å². The number of nitrogens with one attached hydrogen (secondary N) is 2. The van der Waals surface area contributed by atoms with Gasteiger partial charge in [0.05, 0.1) is 13.2 Å². The van der Waals surface area contributed by atoms with Gasteiger partial charge in [0.2, 0.25) is 5.91 Å². The van der Waals surface area contributed by atoms with Crippen molar-refractivity contribution in [2.24, 2.45) is 17.3 Å². The molecule has 6 rings (SSSR count). The number of pyridine rings is 1. The monoisotopic (exact) mass is 801 g/mol. The highest BCUT2D eigenvalue weighted by molar-refractivity contribution is 6.30. The number of nitrogens with zero attached hydrogens (tertiary/aromatic N) is 1. The quantitative estimate of drug-likeness (QED) is 0.104. The molecule has 0 radical (unpaired) electrons. The van der Waals surface area contributed by atoms with E-state index in [9.17, 15) is 24.6 Å². The van der Waals surface area contributed by atoms with Crippen molar-refractivity contribution in [1.29, 1.82) is 0 Å². The van der Waals surface area contributed by atoms with Crippen LogP contribution in [0.15, 0.2) is 54.7 Å². The number of benzene rings is 2. The van der Waals surface area contributed by atoms with Crippen molar-refractivity contribution >= 4 is 35.1 Å². The van der Waals surface area contributed by atoms with E-state index in [1.165, 1.54) is 16.7 Å². The fourth-order valence-electron chi connectivity index (χ4n) is 9.67. The van der Waals surface area contributed by atoms with Gasteiger partial charge >= 0.3 is 11.9 Å². The summed E-state index contributed by atoms with van der Waals surface area (Å²) in [5.41, 5.74) is 3.97. The van der Waals surface area contributed by atoms with Gasteiger partial charge in [-0.3, -0.25) is 9.78 Å². The number of carboxylic acid groups (broad SMARTS) is 2. The van der Waals surface area contributed by atoms with Crippen LogP contribution in [-0.2, 0) is 32.6 Å². The Labute approximate surface area is 342 Å². The molecule has 1 amide bonds. The first-order chi connectivity index (χ1) is 27.1. The summed E-state index contributed by atoms with van der Waals surface area (Å²) in [5, 5.41) is 26.9. The molecule has 0 bridgehead atoms. The van der Waals surface area contributed by atoms with E-state index in [1.807, 2.05) is 51.2 Å². The molecule has 0 aliphatic heterocycles. The molecule has 308 valence electrons. The van der Waals surface area contributed by atoms with Gasteiger partial charge < -0.3 is 30.3 Å². The lowest BCUT2D eigenvalue weighted by molar-refractivity contribution is -0.144. The van der Waals surface area contributed by atoms with E-state index in [0.717, 1.165) is 43.5 Å². The number of rotatable bonds is 16. The van der Waals surface area contributed by atoms with E-state index in [-0.39, 0.29) is 35.0 Å². The number of hydrogen-bond donors (Lipinski definition) is 4. The summed E-state index contributed by atoms with van der Waals surface area (Å²) in [6, 6.07) is 14.6. The predicted molar refractivity (Wildman–Crippen MR) is 222 cm³/mol. The minimum atomic E-state index is -1.13. The summed E-state index contributed by atoms with van der Waals surface area (Å²) in [7, 11) is 0. The van der Waals surface area contributed by atoms with Gasteiger partial charge in [0.1, 0.15) is 23.1 Å². The number of carbonyl (C=O) groups excluding carboxylic acids is 1. The van der Waals surface area contributed by atoms with Gasteiger partial charge in [0, 0.05) is 34.6 Å². The molecule has 4 atom stereocenters. The van der Waals surface area contributed by atoms with Crippen LogP contribution in [0.1, 0.15) is 127 Å². The molecule has 10 nitrogen and oxygen atoms in total. The Morgan fingerprint density at radius 2 is 1.81 bits per heavy atom. The Kier molecular flexibility index (Phi) is 13.1. The summed E-state index contributed by atoms with van der Waals surface area (Å²) in [4.78, 5) is 42.1. The molecule has 1 heterocycles. The van der Waals surface area contributed by atoms with Crippen molar-refractivity contribution in [3.63, 3.8) is 0 Å². The van der Waals surface area contributed by atoms with E-state index >= 15 is 0 Å². The number of aromatic nitrogens is 1. The van der Waals surface area contributed by atoms with Gasteiger partial charge in [-0.25, -0.2) is 9.59 Å². The van der Waals surface area contributed by atoms with E-state index in [2.05, 4.69) is 41.6 Å². The first-order valence-electron chi connectivity index (χ1n) is 20.7. The normalized spacial score (nSPS) is 23.8. The number of ether oxygens (including phenoxy) is 2. The highest BCUT2D eigenvalue weighted by atomic mass is 35.5. The molecule has 3 aliphatic rings. The third-order valence-electron chi connectivity index (χ3n) is 12.5. The minimum absolute atomic E-state index is 0.156. The Morgan fingerprint density at radius 3 is 2.51 bits per heavy atom. The van der Waals surface area contributed by atoms with Gasteiger partial charge in [-0.1, -0.05) is 58.4 Å². The Morgan fingerprint density at radius 1 is 1.04 bits per heavy atom. The number of amides is 1. The Bertz CT molecular complexity index is 1920. The van der Waals surface area contributed by atoms with Gasteiger partial charge in [0.25, 0.3) is 0 Å². The molecule has 0 saturated heterocycles. The maximum atomic E-state index is 13.0. The van der Waals surface area contributed by atoms with Gasteiger partial charge in [-0.05, 0) is 147 Å². The van der Waals surface area contributed by atoms with Crippen LogP contribution in [0, 0.1) is 17.3 Å². The zero-order chi connectivity index (χ0) is 41.0. The Balaban J connectivity index is 1.17. The summed E-state index contributed by atoms with van der Waals surface area (Å²) >= 11 is 6.29. The number of halogens is 1. The summed E-state index contributed by atoms with van der Waals surface area (Å²) in [6.07, 6.45) is 10.2. The molecule has 57 heavy (non-hydrogen) atoms. The van der Waals surface area contributed by atoms with Crippen LogP contribution in [0.4, 0.5) is 5.69 Å². The molecular formula is C46H60ClN3O7. The maximum absolute atomic E-state index is 13.0. The molecule has 1 fully saturated rings. The second-order valence-corrected chi connectivity index (χ2v) is 18.6. The fraction of sp³-hybridized carbons (Fsp3) is 0.565. The number of fused-ring (bicyclic) bond motifs is 3. The minimum Gasteiger partial charge on any atom is -0.494 e. The van der Waals surface area contributed by atoms with Crippen molar-refractivity contribution in [1.82, 2.24) is 10.3 Å². The zero-order valence-corrected chi connectivity index (χ0v) is 34.9. The number of carbonyl (C=O) groups is 3. The van der Waals surface area contributed by atoms with Crippen LogP contribution >= 0.6 is 11.6 Å². The second kappa shape index (κ2) is 17.7. The maximum Gasteiger partial charge on any atom is 0.329 e. The molecule has 11 heteroatoms. The van der Waals surface area contributed by atoms with Crippen LogP contribution in [0.3, 0.4) is 0 Å². The molecule has 0 unspecified atom stereocenters. The van der Waals surface area contributed by atoms with Gasteiger partial charge in [0.15, 0.2) is 0 Å². The van der Waals surface area contributed by atoms with E-state index in [4.69, 9.17) is 21.1 Å². The standard InChI is InChI=1S/C46H60ClN3O7/c1-29(28-57-39-16-21-48-37-12-6-9-30(2)41(37)39)23-32-24-31-14-15-35(56-22-8-13-40(51)49-38(42(52)53)27-44(3,4)5)26-36(31)45(32)17-19-46(20-18-45,43(54)55)50-34-11-7-10-33(47)25-34/h7,10-11,14-16,21,25-26,29-30,32,38,50H,6,8-9,12-13,17-20,22-24,27-28H2,1-5H3,(H,49,51)(H,52,53)(H,54,55)/t29-,30-,32+,38-,45?,46?/m1/s1. The lowest BCUT2D eigenvalue weighted by Gasteiger charge is -2.47. The van der Waals surface area contributed by atoms with Crippen LogP contribution in [0.2, 0.25) is 5.02 Å². The van der Waals surface area contributed by atoms with Crippen LogP contribution in [0.25, 0.3) is 0 Å². The largest absolute Gasteiger partial charge is 0.494 e. The first-order valence-corrected chi connectivity index (χ1v) is 21.1. The molecule has 1 saturated carbocycles. The van der Waals surface area contributed by atoms with Crippen LogP contribution < -0.4 is 20.1 Å². The molecule has 3 aromatic rings. The average Bonchev–Trinajstić information content (AvgIpc) is 3.43. The molecule has 4 N–H and O–H groups in total. The second-order valence-electron chi connectivity index (χ2n) is 18.2. The Hall–Kier alpha value is -4.31. The lowest BCUT2D eigenvalue weighted by Crippen LogP contribution is -2.53. The van der Waals surface area contributed by atoms with Crippen molar-refractivity contribution in [2.45, 2.75) is 135 Å². The third-order valence-corrected chi connectivity index (χ3v) is 12.8. The van der Waals surface area contributed by atoms with Gasteiger partial charge in [-0.15, -0.1) is 0 Å². The number of aryl methyl sites for hydroxylation is 1. The average molecular weight is 802 g/mol. The fourth-order valence-corrected chi connectivity index (χ4v) is 9.86. The van der Waals surface area contributed by atoms with Gasteiger partial charge in [-0.2, -0.15) is 0 Å². The predicted octanol–water partition coefficient (Wildman–Crippen LogP) is 9.36. The molecular weight excluding hydrogens is 742 g/mol. The smallest absolute Gasteiger partial charge is 0.329 e. The van der Waals surface area contributed by atoms with E-state index in [0.29, 0.717) is 74.1 Å². The van der Waals surface area contributed by atoms with E-state index in [1.54, 1.807) is 12.1 Å². The molecule has 2 aromatic carbocycles. The zero-order valence-electron chi connectivity index (χ0n) is 34.2. The van der Waals surface area contributed by atoms with Crippen molar-refractivity contribution < 1.29 is 34.1 Å². The topological polar surface area (TPSA) is 147 Å². The van der Waals surface area contributed by atoms with Crippen molar-refractivity contribution in [2.75, 3.05) is 18.5 Å². The third kappa shape index (κ3) is 10.1. The highest BCUT2D eigenvalue weighted by Gasteiger charge is 2.54. The molecule has 1 spiro atoms.